The van der Waals surface area contributed by atoms with Crippen LogP contribution in [-0.2, 0) is 23.9 Å². The fraction of sp³-hybridized carbons (Fsp3) is 0.370. The second-order valence-corrected chi connectivity index (χ2v) is 9.82. The first-order valence-corrected chi connectivity index (χ1v) is 12.9. The van der Waals surface area contributed by atoms with Crippen LogP contribution in [0.25, 0.3) is 0 Å². The number of carbonyl (C=O) groups excluding carboxylic acids is 5. The molecule has 1 unspecified atom stereocenters. The number of hydrogen-bond acceptors (Lipinski definition) is 8. The Hall–Kier alpha value is -3.37. The number of imide groups is 1. The number of benzene rings is 2. The van der Waals surface area contributed by atoms with Gasteiger partial charge in [-0.3, -0.25) is 24.1 Å². The van der Waals surface area contributed by atoms with Crippen LogP contribution in [-0.4, -0.2) is 66.8 Å². The van der Waals surface area contributed by atoms with Crippen molar-refractivity contribution < 1.29 is 33.4 Å². The minimum absolute atomic E-state index is 0.0604. The van der Waals surface area contributed by atoms with Crippen molar-refractivity contribution in [2.45, 2.75) is 32.2 Å². The molecule has 0 spiro atoms. The van der Waals surface area contributed by atoms with Gasteiger partial charge in [0.25, 0.3) is 5.91 Å². The van der Waals surface area contributed by atoms with Gasteiger partial charge < -0.3 is 9.47 Å². The Kier molecular flexibility index (Phi) is 8.50. The Morgan fingerprint density at radius 2 is 1.54 bits per heavy atom. The van der Waals surface area contributed by atoms with Gasteiger partial charge >= 0.3 is 11.9 Å². The van der Waals surface area contributed by atoms with E-state index in [1.807, 2.05) is 4.90 Å². The average molecular weight is 571 g/mol. The summed E-state index contributed by atoms with van der Waals surface area (Å²) in [6.07, 6.45) is 1.22. The number of ketones is 1. The maximum absolute atomic E-state index is 13.1. The number of hydrogen-bond donors (Lipinski definition) is 0. The molecule has 9 nitrogen and oxygen atoms in total. The van der Waals surface area contributed by atoms with Gasteiger partial charge in [0.1, 0.15) is 0 Å². The molecule has 2 saturated heterocycles. The number of amides is 2. The van der Waals surface area contributed by atoms with Crippen molar-refractivity contribution in [1.29, 1.82) is 0 Å². The molecule has 37 heavy (non-hydrogen) atoms. The summed E-state index contributed by atoms with van der Waals surface area (Å²) in [4.78, 5) is 65.5. The number of piperidine rings is 1. The number of esters is 2. The van der Waals surface area contributed by atoms with E-state index >= 15 is 0 Å². The van der Waals surface area contributed by atoms with Gasteiger partial charge in [-0.1, -0.05) is 28.1 Å². The summed E-state index contributed by atoms with van der Waals surface area (Å²) in [6, 6.07) is 12.1. The summed E-state index contributed by atoms with van der Waals surface area (Å²) in [5, 5.41) is 0. The lowest BCUT2D eigenvalue weighted by atomic mass is 9.95. The fourth-order valence-corrected chi connectivity index (χ4v) is 4.82. The molecule has 2 aliphatic heterocycles. The van der Waals surface area contributed by atoms with Gasteiger partial charge in [0.2, 0.25) is 5.91 Å². The number of Topliss-reactive ketones (excluding diaryl/α,β-unsaturated/α-hetero) is 1. The molecule has 1 atom stereocenters. The second kappa shape index (κ2) is 11.8. The highest BCUT2D eigenvalue weighted by Crippen LogP contribution is 2.29. The highest BCUT2D eigenvalue weighted by atomic mass is 79.9. The van der Waals surface area contributed by atoms with Crippen LogP contribution in [0.4, 0.5) is 5.69 Å². The molecule has 0 bridgehead atoms. The summed E-state index contributed by atoms with van der Waals surface area (Å²) >= 11 is 3.30. The van der Waals surface area contributed by atoms with Crippen molar-refractivity contribution in [2.75, 3.05) is 31.2 Å². The molecule has 4 rings (SSSR count). The zero-order valence-corrected chi connectivity index (χ0v) is 21.9. The molecule has 2 aromatic rings. The first-order chi connectivity index (χ1) is 17.8. The average Bonchev–Trinajstić information content (AvgIpc) is 3.21. The van der Waals surface area contributed by atoms with E-state index < -0.39 is 18.6 Å². The third kappa shape index (κ3) is 6.14. The maximum Gasteiger partial charge on any atom is 0.338 e. The summed E-state index contributed by atoms with van der Waals surface area (Å²) < 4.78 is 11.1. The Labute approximate surface area is 222 Å². The Bertz CT molecular complexity index is 1190. The largest absolute Gasteiger partial charge is 0.466 e. The molecule has 2 aliphatic rings. The first-order valence-electron chi connectivity index (χ1n) is 12.1. The molecule has 0 N–H and O–H groups in total. The van der Waals surface area contributed by atoms with Crippen LogP contribution in [0.15, 0.2) is 53.0 Å². The fourth-order valence-electron chi connectivity index (χ4n) is 4.56. The smallest absolute Gasteiger partial charge is 0.338 e. The molecule has 194 valence electrons. The van der Waals surface area contributed by atoms with Crippen molar-refractivity contribution in [3.63, 3.8) is 0 Å². The zero-order chi connectivity index (χ0) is 26.5. The number of carbonyl (C=O) groups is 5. The van der Waals surface area contributed by atoms with Gasteiger partial charge in [0.15, 0.2) is 12.4 Å². The van der Waals surface area contributed by atoms with Crippen LogP contribution in [0, 0.1) is 5.92 Å². The monoisotopic (exact) mass is 570 g/mol. The molecule has 0 saturated carbocycles. The van der Waals surface area contributed by atoms with Gasteiger partial charge in [0.05, 0.1) is 36.2 Å². The second-order valence-electron chi connectivity index (χ2n) is 8.90. The molecule has 2 amide bonds. The number of anilines is 1. The van der Waals surface area contributed by atoms with Crippen LogP contribution in [0.3, 0.4) is 0 Å². The minimum atomic E-state index is -0.682. The Balaban J connectivity index is 1.33. The number of rotatable bonds is 8. The lowest BCUT2D eigenvalue weighted by molar-refractivity contribution is -0.149. The van der Waals surface area contributed by atoms with Crippen molar-refractivity contribution in [1.82, 2.24) is 4.90 Å². The van der Waals surface area contributed by atoms with E-state index in [9.17, 15) is 24.0 Å². The van der Waals surface area contributed by atoms with E-state index in [-0.39, 0.29) is 41.5 Å². The van der Waals surface area contributed by atoms with E-state index in [4.69, 9.17) is 9.47 Å². The van der Waals surface area contributed by atoms with E-state index in [1.54, 1.807) is 31.2 Å². The third-order valence-electron chi connectivity index (χ3n) is 6.57. The minimum Gasteiger partial charge on any atom is -0.466 e. The molecule has 2 aromatic carbocycles. The Morgan fingerprint density at radius 1 is 0.919 bits per heavy atom. The predicted molar refractivity (Wildman–Crippen MR) is 137 cm³/mol. The van der Waals surface area contributed by atoms with Crippen molar-refractivity contribution >= 4 is 51.2 Å². The number of nitrogens with zero attached hydrogens (tertiary/aromatic N) is 2. The standard InChI is InChI=1S/C27H27BrN2O7/c1-2-36-26(34)19-11-13-29(14-12-19)22-15-24(32)30(25(22)33)21-9-5-18(6-10-21)27(35)37-16-23(31)17-3-7-20(28)8-4-17/h3-10,19,22H,2,11-16H2,1H3. The summed E-state index contributed by atoms with van der Waals surface area (Å²) in [5.74, 6) is -2.06. The van der Waals surface area contributed by atoms with Crippen LogP contribution < -0.4 is 4.90 Å². The molecular weight excluding hydrogens is 544 g/mol. The topological polar surface area (TPSA) is 110 Å². The van der Waals surface area contributed by atoms with Gasteiger partial charge in [-0.2, -0.15) is 0 Å². The molecule has 0 aliphatic carbocycles. The van der Waals surface area contributed by atoms with Crippen LogP contribution in [0.5, 0.6) is 0 Å². The van der Waals surface area contributed by atoms with Crippen LogP contribution in [0.1, 0.15) is 46.9 Å². The third-order valence-corrected chi connectivity index (χ3v) is 7.10. The highest BCUT2D eigenvalue weighted by molar-refractivity contribution is 9.10. The SMILES string of the molecule is CCOC(=O)C1CCN(C2CC(=O)N(c3ccc(C(=O)OCC(=O)c4ccc(Br)cc4)cc3)C2=O)CC1. The first kappa shape index (κ1) is 26.7. The van der Waals surface area contributed by atoms with E-state index in [1.165, 1.54) is 24.3 Å². The lowest BCUT2D eigenvalue weighted by Crippen LogP contribution is -2.47. The van der Waals surface area contributed by atoms with E-state index in [0.717, 1.165) is 9.37 Å². The van der Waals surface area contributed by atoms with Crippen molar-refractivity contribution in [3.8, 4) is 0 Å². The van der Waals surface area contributed by atoms with Crippen LogP contribution in [0.2, 0.25) is 0 Å². The predicted octanol–water partition coefficient (Wildman–Crippen LogP) is 3.40. The van der Waals surface area contributed by atoms with Crippen molar-refractivity contribution in [3.05, 3.63) is 64.1 Å². The van der Waals surface area contributed by atoms with Crippen LogP contribution >= 0.6 is 15.9 Å². The van der Waals surface area contributed by atoms with E-state index in [0.29, 0.717) is 43.8 Å². The lowest BCUT2D eigenvalue weighted by Gasteiger charge is -2.33. The highest BCUT2D eigenvalue weighted by Gasteiger charge is 2.44. The van der Waals surface area contributed by atoms with Gasteiger partial charge in [-0.15, -0.1) is 0 Å². The van der Waals surface area contributed by atoms with Gasteiger partial charge in [-0.05, 0) is 69.3 Å². The number of likely N-dealkylation sites (tertiary alicyclic amines) is 1. The molecule has 0 aromatic heterocycles. The molecule has 10 heteroatoms. The summed E-state index contributed by atoms with van der Waals surface area (Å²) in [5.41, 5.74) is 0.988. The molecule has 0 radical (unpaired) electrons. The van der Waals surface area contributed by atoms with Crippen molar-refractivity contribution in [2.24, 2.45) is 5.92 Å². The van der Waals surface area contributed by atoms with Gasteiger partial charge in [0, 0.05) is 10.0 Å². The Morgan fingerprint density at radius 3 is 2.16 bits per heavy atom. The summed E-state index contributed by atoms with van der Waals surface area (Å²) in [6.45, 7) is 2.77. The maximum atomic E-state index is 13.1. The summed E-state index contributed by atoms with van der Waals surface area (Å²) in [7, 11) is 0. The number of halogens is 1. The molecule has 2 fully saturated rings. The molecule has 2 heterocycles. The number of ether oxygens (including phenoxy) is 2. The zero-order valence-electron chi connectivity index (χ0n) is 20.4. The molecular formula is C27H27BrN2O7. The normalized spacial score (nSPS) is 18.6. The van der Waals surface area contributed by atoms with Gasteiger partial charge in [-0.25, -0.2) is 9.69 Å². The van der Waals surface area contributed by atoms with E-state index in [2.05, 4.69) is 15.9 Å². The quantitative estimate of drug-likeness (QED) is 0.270.